The number of nitriles is 1. The van der Waals surface area contributed by atoms with Crippen molar-refractivity contribution in [3.8, 4) is 6.07 Å². The van der Waals surface area contributed by atoms with Gasteiger partial charge in [0, 0.05) is 15.0 Å². The van der Waals surface area contributed by atoms with Gasteiger partial charge in [-0.3, -0.25) is 4.79 Å². The Hall–Kier alpha value is -1.90. The van der Waals surface area contributed by atoms with Crippen LogP contribution in [-0.4, -0.2) is 17.7 Å². The molecule has 0 saturated heterocycles. The number of hydrogen-bond acceptors (Lipinski definition) is 4. The summed E-state index contributed by atoms with van der Waals surface area (Å²) in [5, 5.41) is 19.8. The van der Waals surface area contributed by atoms with Gasteiger partial charge in [-0.25, -0.2) is 0 Å². The number of carboxylic acids is 1. The summed E-state index contributed by atoms with van der Waals surface area (Å²) >= 11 is 1.61. The average molecular weight is 329 g/mol. The molecule has 0 aliphatic carbocycles. The molecule has 0 fully saturated rings. The highest BCUT2D eigenvalue weighted by Crippen LogP contribution is 2.48. The molecule has 5 heteroatoms. The van der Waals surface area contributed by atoms with Crippen LogP contribution in [-0.2, 0) is 21.6 Å². The number of hydrogen-bond donors (Lipinski definition) is 1. The molecule has 0 saturated carbocycles. The van der Waals surface area contributed by atoms with Crippen LogP contribution in [0.1, 0.15) is 47.8 Å². The Morgan fingerprint density at radius 3 is 2.96 bits per heavy atom. The lowest BCUT2D eigenvalue weighted by Crippen LogP contribution is -2.36. The van der Waals surface area contributed by atoms with Gasteiger partial charge in [0.25, 0.3) is 0 Å². The minimum absolute atomic E-state index is 0.0262. The molecule has 0 unspecified atom stereocenters. The summed E-state index contributed by atoms with van der Waals surface area (Å²) in [6, 6.07) is 6.10. The first-order chi connectivity index (χ1) is 11.0. The summed E-state index contributed by atoms with van der Waals surface area (Å²) in [4.78, 5) is 12.4. The lowest BCUT2D eigenvalue weighted by molar-refractivity contribution is -0.148. The summed E-state index contributed by atoms with van der Waals surface area (Å²) in [6.07, 6.45) is 2.24. The molecule has 23 heavy (non-hydrogen) atoms. The van der Waals surface area contributed by atoms with Gasteiger partial charge in [0.1, 0.15) is 5.60 Å². The zero-order valence-electron chi connectivity index (χ0n) is 13.3. The van der Waals surface area contributed by atoms with Crippen molar-refractivity contribution in [3.05, 3.63) is 33.7 Å². The number of carboxylic acid groups (broad SMARTS) is 1. The molecule has 120 valence electrons. The van der Waals surface area contributed by atoms with Crippen LogP contribution in [0.2, 0.25) is 0 Å². The molecule has 0 bridgehead atoms. The van der Waals surface area contributed by atoms with Crippen LogP contribution < -0.4 is 0 Å². The first-order valence-electron chi connectivity index (χ1n) is 7.83. The number of nitrogens with zero attached hydrogens (tertiary/aromatic N) is 1. The molecule has 1 aromatic carbocycles. The van der Waals surface area contributed by atoms with Crippen molar-refractivity contribution in [2.45, 2.75) is 45.1 Å². The van der Waals surface area contributed by atoms with E-state index in [1.807, 2.05) is 26.0 Å². The highest BCUT2D eigenvalue weighted by Gasteiger charge is 2.42. The molecule has 3 rings (SSSR count). The summed E-state index contributed by atoms with van der Waals surface area (Å²) in [5.41, 5.74) is 2.16. The SMILES string of the molecule is CCC[C@@]1(CC(=O)O)OCCc2c1sc1c(C)ccc(C#N)c21. The van der Waals surface area contributed by atoms with Gasteiger partial charge in [0.05, 0.1) is 24.7 Å². The van der Waals surface area contributed by atoms with Gasteiger partial charge < -0.3 is 9.84 Å². The zero-order valence-corrected chi connectivity index (χ0v) is 14.1. The molecule has 0 radical (unpaired) electrons. The van der Waals surface area contributed by atoms with Gasteiger partial charge in [-0.05, 0) is 37.0 Å². The number of rotatable bonds is 4. The van der Waals surface area contributed by atoms with Gasteiger partial charge in [-0.15, -0.1) is 11.3 Å². The van der Waals surface area contributed by atoms with E-state index in [4.69, 9.17) is 4.74 Å². The maximum Gasteiger partial charge on any atom is 0.306 e. The molecule has 4 nitrogen and oxygen atoms in total. The van der Waals surface area contributed by atoms with E-state index in [0.717, 1.165) is 38.9 Å². The second kappa shape index (κ2) is 5.95. The fraction of sp³-hybridized carbons (Fsp3) is 0.444. The summed E-state index contributed by atoms with van der Waals surface area (Å²) in [5.74, 6) is -0.846. The monoisotopic (exact) mass is 329 g/mol. The molecule has 1 N–H and O–H groups in total. The maximum atomic E-state index is 11.4. The number of aryl methyl sites for hydroxylation is 1. The van der Waals surface area contributed by atoms with Gasteiger partial charge >= 0.3 is 5.97 Å². The summed E-state index contributed by atoms with van der Waals surface area (Å²) in [6.45, 7) is 4.58. The number of ether oxygens (including phenoxy) is 1. The van der Waals surface area contributed by atoms with E-state index in [2.05, 4.69) is 6.07 Å². The van der Waals surface area contributed by atoms with Crippen molar-refractivity contribution in [2.24, 2.45) is 0 Å². The third-order valence-corrected chi connectivity index (χ3v) is 6.04. The van der Waals surface area contributed by atoms with Crippen molar-refractivity contribution in [2.75, 3.05) is 6.61 Å². The minimum Gasteiger partial charge on any atom is -0.481 e. The van der Waals surface area contributed by atoms with Gasteiger partial charge in [0.2, 0.25) is 0 Å². The first-order valence-corrected chi connectivity index (χ1v) is 8.65. The molecule has 1 aromatic heterocycles. The van der Waals surface area contributed by atoms with Crippen LogP contribution in [0.4, 0.5) is 0 Å². The Bertz CT molecular complexity index is 818. The van der Waals surface area contributed by atoms with Gasteiger partial charge in [-0.2, -0.15) is 5.26 Å². The Morgan fingerprint density at radius 1 is 1.52 bits per heavy atom. The van der Waals surface area contributed by atoms with E-state index in [0.29, 0.717) is 18.6 Å². The summed E-state index contributed by atoms with van der Waals surface area (Å²) < 4.78 is 7.12. The number of thiophene rings is 1. The third-order valence-electron chi connectivity index (χ3n) is 4.49. The molecule has 1 aliphatic rings. The van der Waals surface area contributed by atoms with Gasteiger partial charge in [-0.1, -0.05) is 19.4 Å². The van der Waals surface area contributed by atoms with Crippen molar-refractivity contribution >= 4 is 27.4 Å². The third kappa shape index (κ3) is 2.52. The number of benzene rings is 1. The quantitative estimate of drug-likeness (QED) is 0.916. The van der Waals surface area contributed by atoms with Crippen LogP contribution >= 0.6 is 11.3 Å². The predicted molar refractivity (Wildman–Crippen MR) is 89.8 cm³/mol. The Labute approximate surface area is 139 Å². The number of aliphatic carboxylic acids is 1. The van der Waals surface area contributed by atoms with Crippen LogP contribution in [0.5, 0.6) is 0 Å². The van der Waals surface area contributed by atoms with Crippen LogP contribution in [0.3, 0.4) is 0 Å². The molecular formula is C18H19NO3S. The van der Waals surface area contributed by atoms with E-state index < -0.39 is 11.6 Å². The molecule has 2 heterocycles. The molecule has 0 amide bonds. The van der Waals surface area contributed by atoms with E-state index in [1.54, 1.807) is 11.3 Å². The molecule has 0 spiro atoms. The van der Waals surface area contributed by atoms with E-state index >= 15 is 0 Å². The Morgan fingerprint density at radius 2 is 2.30 bits per heavy atom. The second-order valence-corrected chi connectivity index (χ2v) is 7.09. The second-order valence-electron chi connectivity index (χ2n) is 6.07. The topological polar surface area (TPSA) is 70.3 Å². The molecular weight excluding hydrogens is 310 g/mol. The molecule has 1 aliphatic heterocycles. The maximum absolute atomic E-state index is 11.4. The number of fused-ring (bicyclic) bond motifs is 3. The van der Waals surface area contributed by atoms with E-state index in [1.165, 1.54) is 0 Å². The normalized spacial score (nSPS) is 20.2. The zero-order chi connectivity index (χ0) is 16.6. The first kappa shape index (κ1) is 16.0. The van der Waals surface area contributed by atoms with Crippen molar-refractivity contribution in [1.82, 2.24) is 0 Å². The lowest BCUT2D eigenvalue weighted by Gasteiger charge is -2.36. The molecule has 2 aromatic rings. The van der Waals surface area contributed by atoms with E-state index in [-0.39, 0.29) is 6.42 Å². The average Bonchev–Trinajstić information content (AvgIpc) is 2.90. The van der Waals surface area contributed by atoms with Crippen molar-refractivity contribution in [3.63, 3.8) is 0 Å². The van der Waals surface area contributed by atoms with E-state index in [9.17, 15) is 15.2 Å². The van der Waals surface area contributed by atoms with Crippen molar-refractivity contribution < 1.29 is 14.6 Å². The predicted octanol–water partition coefficient (Wildman–Crippen LogP) is 4.12. The Kier molecular flexibility index (Phi) is 4.13. The highest BCUT2D eigenvalue weighted by molar-refractivity contribution is 7.19. The molecule has 1 atom stereocenters. The van der Waals surface area contributed by atoms with Crippen LogP contribution in [0.15, 0.2) is 12.1 Å². The fourth-order valence-corrected chi connectivity index (χ4v) is 5.08. The summed E-state index contributed by atoms with van der Waals surface area (Å²) in [7, 11) is 0. The lowest BCUT2D eigenvalue weighted by atomic mass is 9.85. The highest BCUT2D eigenvalue weighted by atomic mass is 32.1. The standard InChI is InChI=1S/C18H19NO3S/c1-3-7-18(9-14(20)21)17-13(6-8-22-18)15-12(10-19)5-4-11(2)16(15)23-17/h4-5H,3,6-9H2,1-2H3,(H,20,21)/t18-/m0/s1. The van der Waals surface area contributed by atoms with Crippen LogP contribution in [0.25, 0.3) is 10.1 Å². The minimum atomic E-state index is -0.846. The largest absolute Gasteiger partial charge is 0.481 e. The van der Waals surface area contributed by atoms with Gasteiger partial charge in [0.15, 0.2) is 0 Å². The van der Waals surface area contributed by atoms with Crippen molar-refractivity contribution in [1.29, 1.82) is 5.26 Å². The Balaban J connectivity index is 2.30. The smallest absolute Gasteiger partial charge is 0.306 e. The van der Waals surface area contributed by atoms with Crippen LogP contribution in [0, 0.1) is 18.3 Å². The fourth-order valence-electron chi connectivity index (χ4n) is 3.56. The number of carbonyl (C=O) groups is 1.